The molecule has 0 bridgehead atoms. The predicted octanol–water partition coefficient (Wildman–Crippen LogP) is 2.25. The highest BCUT2D eigenvalue weighted by Crippen LogP contribution is 2.17. The van der Waals surface area contributed by atoms with Crippen LogP contribution in [0.15, 0.2) is 0 Å². The molecule has 2 atom stereocenters. The lowest BCUT2D eigenvalue weighted by molar-refractivity contribution is -0.160. The molecule has 138 valence electrons. The number of rotatable bonds is 7. The molecule has 1 rings (SSSR count). The molecular weight excluding hydrogens is 330 g/mol. The summed E-state index contributed by atoms with van der Waals surface area (Å²) in [5, 5.41) is -0.0209. The maximum absolute atomic E-state index is 12.7. The summed E-state index contributed by atoms with van der Waals surface area (Å²) < 4.78 is 10.9. The van der Waals surface area contributed by atoms with Crippen LogP contribution in [0.2, 0.25) is 0 Å². The zero-order valence-corrected chi connectivity index (χ0v) is 16.1. The SMILES string of the molecule is CC(=O)SCC(C)C(=O)N(CC(=O)OC(C)(C)C)CC1CCCO1. The van der Waals surface area contributed by atoms with Crippen LogP contribution in [0.4, 0.5) is 0 Å². The molecule has 0 radical (unpaired) electrons. The van der Waals surface area contributed by atoms with Crippen molar-refractivity contribution in [2.24, 2.45) is 5.92 Å². The van der Waals surface area contributed by atoms with Gasteiger partial charge in [0.15, 0.2) is 5.12 Å². The molecule has 0 N–H and O–H groups in total. The highest BCUT2D eigenvalue weighted by Gasteiger charge is 2.29. The van der Waals surface area contributed by atoms with Crippen molar-refractivity contribution < 1.29 is 23.9 Å². The Morgan fingerprint density at radius 2 is 2.00 bits per heavy atom. The number of ether oxygens (including phenoxy) is 2. The Bertz CT molecular complexity index is 454. The van der Waals surface area contributed by atoms with E-state index < -0.39 is 11.6 Å². The Morgan fingerprint density at radius 3 is 2.50 bits per heavy atom. The Balaban J connectivity index is 2.69. The van der Waals surface area contributed by atoms with E-state index in [0.29, 0.717) is 18.9 Å². The summed E-state index contributed by atoms with van der Waals surface area (Å²) in [5.74, 6) is -0.516. The first-order valence-electron chi connectivity index (χ1n) is 8.34. The van der Waals surface area contributed by atoms with Crippen molar-refractivity contribution in [3.63, 3.8) is 0 Å². The fraction of sp³-hybridized carbons (Fsp3) is 0.824. The molecule has 1 amide bonds. The van der Waals surface area contributed by atoms with E-state index in [1.807, 2.05) is 0 Å². The molecule has 1 fully saturated rings. The average Bonchev–Trinajstić information content (AvgIpc) is 2.94. The van der Waals surface area contributed by atoms with E-state index in [1.165, 1.54) is 11.8 Å². The number of hydrogen-bond acceptors (Lipinski definition) is 6. The molecule has 7 heteroatoms. The van der Waals surface area contributed by atoms with E-state index in [0.717, 1.165) is 24.6 Å². The molecule has 2 unspecified atom stereocenters. The van der Waals surface area contributed by atoms with Crippen molar-refractivity contribution in [3.05, 3.63) is 0 Å². The van der Waals surface area contributed by atoms with Crippen LogP contribution < -0.4 is 0 Å². The molecular formula is C17H29NO5S. The van der Waals surface area contributed by atoms with Crippen LogP contribution in [0.3, 0.4) is 0 Å². The predicted molar refractivity (Wildman–Crippen MR) is 93.7 cm³/mol. The average molecular weight is 359 g/mol. The van der Waals surface area contributed by atoms with Gasteiger partial charge in [0.2, 0.25) is 5.91 Å². The molecule has 1 heterocycles. The van der Waals surface area contributed by atoms with Crippen LogP contribution >= 0.6 is 11.8 Å². The number of hydrogen-bond donors (Lipinski definition) is 0. The number of amides is 1. The summed E-state index contributed by atoms with van der Waals surface area (Å²) in [4.78, 5) is 37.4. The normalized spacial score (nSPS) is 19.0. The minimum Gasteiger partial charge on any atom is -0.459 e. The van der Waals surface area contributed by atoms with Crippen molar-refractivity contribution in [1.29, 1.82) is 0 Å². The molecule has 6 nitrogen and oxygen atoms in total. The minimum atomic E-state index is -0.592. The summed E-state index contributed by atoms with van der Waals surface area (Å²) >= 11 is 1.12. The summed E-state index contributed by atoms with van der Waals surface area (Å²) in [6.45, 7) is 9.62. The first-order valence-corrected chi connectivity index (χ1v) is 9.32. The minimum absolute atomic E-state index is 0.0209. The Morgan fingerprint density at radius 1 is 1.33 bits per heavy atom. The molecule has 0 saturated carbocycles. The van der Waals surface area contributed by atoms with Gasteiger partial charge in [-0.25, -0.2) is 0 Å². The van der Waals surface area contributed by atoms with Crippen LogP contribution in [0.5, 0.6) is 0 Å². The molecule has 1 aliphatic heterocycles. The fourth-order valence-corrected chi connectivity index (χ4v) is 3.05. The van der Waals surface area contributed by atoms with Gasteiger partial charge in [0.1, 0.15) is 12.1 Å². The van der Waals surface area contributed by atoms with Crippen LogP contribution in [0, 0.1) is 5.92 Å². The van der Waals surface area contributed by atoms with Crippen molar-refractivity contribution in [3.8, 4) is 0 Å². The summed E-state index contributed by atoms with van der Waals surface area (Å²) in [6, 6.07) is 0. The maximum atomic E-state index is 12.7. The Labute approximate surface area is 148 Å². The van der Waals surface area contributed by atoms with Gasteiger partial charge in [0.25, 0.3) is 0 Å². The Hall–Kier alpha value is -1.08. The van der Waals surface area contributed by atoms with E-state index in [1.54, 1.807) is 27.7 Å². The topological polar surface area (TPSA) is 72.9 Å². The number of nitrogens with zero attached hydrogens (tertiary/aromatic N) is 1. The molecule has 0 aromatic carbocycles. The highest BCUT2D eigenvalue weighted by molar-refractivity contribution is 8.13. The number of thioether (sulfide) groups is 1. The van der Waals surface area contributed by atoms with Gasteiger partial charge in [0.05, 0.1) is 6.10 Å². The third-order valence-electron chi connectivity index (χ3n) is 3.46. The van der Waals surface area contributed by atoms with Crippen molar-refractivity contribution in [2.45, 2.75) is 59.2 Å². The lowest BCUT2D eigenvalue weighted by atomic mass is 10.1. The summed E-state index contributed by atoms with van der Waals surface area (Å²) in [6.07, 6.45) is 1.81. The van der Waals surface area contributed by atoms with E-state index >= 15 is 0 Å². The van der Waals surface area contributed by atoms with Gasteiger partial charge in [-0.3, -0.25) is 14.4 Å². The molecule has 24 heavy (non-hydrogen) atoms. The molecule has 0 aromatic rings. The van der Waals surface area contributed by atoms with E-state index in [9.17, 15) is 14.4 Å². The lowest BCUT2D eigenvalue weighted by Crippen LogP contribution is -2.45. The summed E-state index contributed by atoms with van der Waals surface area (Å²) in [7, 11) is 0. The highest BCUT2D eigenvalue weighted by atomic mass is 32.2. The summed E-state index contributed by atoms with van der Waals surface area (Å²) in [5.41, 5.74) is -0.592. The third kappa shape index (κ3) is 8.15. The monoisotopic (exact) mass is 359 g/mol. The van der Waals surface area contributed by atoms with Gasteiger partial charge in [-0.2, -0.15) is 0 Å². The molecule has 1 saturated heterocycles. The fourth-order valence-electron chi connectivity index (χ4n) is 2.42. The van der Waals surface area contributed by atoms with Gasteiger partial charge < -0.3 is 14.4 Å². The van der Waals surface area contributed by atoms with E-state index in [-0.39, 0.29) is 29.6 Å². The number of carbonyl (C=O) groups is 3. The van der Waals surface area contributed by atoms with Gasteiger partial charge in [-0.15, -0.1) is 0 Å². The number of esters is 1. The molecule has 0 aromatic heterocycles. The first-order chi connectivity index (χ1) is 11.1. The lowest BCUT2D eigenvalue weighted by Gasteiger charge is -2.28. The maximum Gasteiger partial charge on any atom is 0.326 e. The van der Waals surface area contributed by atoms with Crippen LogP contribution in [0.1, 0.15) is 47.5 Å². The van der Waals surface area contributed by atoms with Gasteiger partial charge >= 0.3 is 5.97 Å². The van der Waals surface area contributed by atoms with Crippen molar-refractivity contribution in [2.75, 3.05) is 25.4 Å². The zero-order valence-electron chi connectivity index (χ0n) is 15.3. The van der Waals surface area contributed by atoms with Crippen molar-refractivity contribution in [1.82, 2.24) is 4.90 Å². The number of carbonyl (C=O) groups excluding carboxylic acids is 3. The standard InChI is InChI=1S/C17H29NO5S/c1-12(11-24-13(2)19)16(21)18(9-14-7-6-8-22-14)10-15(20)23-17(3,4)5/h12,14H,6-11H2,1-5H3. The van der Waals surface area contributed by atoms with Crippen LogP contribution in [0.25, 0.3) is 0 Å². The Kier molecular flexibility index (Phi) is 8.22. The van der Waals surface area contributed by atoms with Crippen LogP contribution in [-0.2, 0) is 23.9 Å². The third-order valence-corrected chi connectivity index (χ3v) is 4.53. The second kappa shape index (κ2) is 9.42. The van der Waals surface area contributed by atoms with Crippen molar-refractivity contribution >= 4 is 28.8 Å². The largest absolute Gasteiger partial charge is 0.459 e. The zero-order chi connectivity index (χ0) is 18.3. The molecule has 1 aliphatic rings. The van der Waals surface area contributed by atoms with E-state index in [2.05, 4.69) is 0 Å². The molecule has 0 aliphatic carbocycles. The first kappa shape index (κ1) is 21.0. The van der Waals surface area contributed by atoms with Gasteiger partial charge in [-0.1, -0.05) is 18.7 Å². The second-order valence-electron chi connectivity index (χ2n) is 7.14. The van der Waals surface area contributed by atoms with E-state index in [4.69, 9.17) is 9.47 Å². The van der Waals surface area contributed by atoms with Gasteiger partial charge in [0, 0.05) is 31.7 Å². The second-order valence-corrected chi connectivity index (χ2v) is 8.34. The van der Waals surface area contributed by atoms with Gasteiger partial charge in [-0.05, 0) is 33.6 Å². The molecule has 0 spiro atoms. The smallest absolute Gasteiger partial charge is 0.326 e. The van der Waals surface area contributed by atoms with Crippen LogP contribution in [-0.4, -0.2) is 59.0 Å². The quantitative estimate of drug-likeness (QED) is 0.649.